The molecule has 148 valence electrons. The summed E-state index contributed by atoms with van der Waals surface area (Å²) < 4.78 is 0. The molecule has 3 rings (SSSR count). The van der Waals surface area contributed by atoms with Crippen LogP contribution in [0.3, 0.4) is 0 Å². The Labute approximate surface area is 181 Å². The topological polar surface area (TPSA) is 37.1 Å². The zero-order chi connectivity index (χ0) is 20.5. The first kappa shape index (κ1) is 22.6. The van der Waals surface area contributed by atoms with Gasteiger partial charge in [-0.05, 0) is 52.0 Å². The first-order valence-electron chi connectivity index (χ1n) is 8.80. The summed E-state index contributed by atoms with van der Waals surface area (Å²) in [6.45, 7) is 8.17. The number of allylic oxidation sites excluding steroid dienone is 2. The second-order valence-electron chi connectivity index (χ2n) is 6.47. The van der Waals surface area contributed by atoms with E-state index in [2.05, 4.69) is 54.2 Å². The summed E-state index contributed by atoms with van der Waals surface area (Å²) in [6, 6.07) is 16.4. The molecule has 0 bridgehead atoms. The van der Waals surface area contributed by atoms with Crippen LogP contribution in [-0.2, 0) is 13.1 Å². The number of halogens is 2. The predicted molar refractivity (Wildman–Crippen MR) is 120 cm³/mol. The Balaban J connectivity index is 0.000000878. The molecule has 0 unspecified atom stereocenters. The van der Waals surface area contributed by atoms with Crippen LogP contribution in [0.4, 0.5) is 11.4 Å². The Hall–Kier alpha value is -1.71. The van der Waals surface area contributed by atoms with Crippen LogP contribution in [-0.4, -0.2) is 17.1 Å². The third kappa shape index (κ3) is 7.03. The predicted octanol–water partition coefficient (Wildman–Crippen LogP) is 7.29. The molecule has 6 heteroatoms. The fourth-order valence-electron chi connectivity index (χ4n) is 2.63. The van der Waals surface area contributed by atoms with E-state index in [0.29, 0.717) is 0 Å². The third-order valence-electron chi connectivity index (χ3n) is 4.19. The molecular weight excluding hydrogens is 433 g/mol. The van der Waals surface area contributed by atoms with Crippen molar-refractivity contribution in [1.29, 1.82) is 0 Å². The first-order chi connectivity index (χ1) is 13.4. The van der Waals surface area contributed by atoms with Crippen LogP contribution in [0.2, 0.25) is 0 Å². The van der Waals surface area contributed by atoms with Crippen molar-refractivity contribution < 1.29 is 13.1 Å². The number of hydrogen-bond acceptors (Lipinski definition) is 3. The fourth-order valence-corrected chi connectivity index (χ4v) is 2.63. The van der Waals surface area contributed by atoms with Gasteiger partial charge < -0.3 is 0 Å². The van der Waals surface area contributed by atoms with Gasteiger partial charge in [0, 0.05) is 6.42 Å². The van der Waals surface area contributed by atoms with Crippen molar-refractivity contribution in [2.24, 2.45) is 15.0 Å². The Bertz CT molecular complexity index is 912. The number of aryl methyl sites for hydroxylation is 2. The molecule has 2 aromatic carbocycles. The van der Waals surface area contributed by atoms with Crippen LogP contribution in [0.1, 0.15) is 31.4 Å². The molecule has 0 atom stereocenters. The fraction of sp³-hybridized carbons (Fsp3) is 0.227. The van der Waals surface area contributed by atoms with Gasteiger partial charge in [0.05, 0.1) is 34.2 Å². The minimum atomic E-state index is 0.194. The van der Waals surface area contributed by atoms with Gasteiger partial charge >= 0.3 is 33.3 Å². The van der Waals surface area contributed by atoms with E-state index in [1.165, 1.54) is 11.1 Å². The van der Waals surface area contributed by atoms with Gasteiger partial charge in [0.15, 0.2) is 0 Å². The average Bonchev–Trinajstić information content (AvgIpc) is 3.17. The van der Waals surface area contributed by atoms with Crippen LogP contribution < -0.4 is 0 Å². The molecule has 0 N–H and O–H groups in total. The molecule has 2 aromatic rings. The molecule has 1 heterocycles. The van der Waals surface area contributed by atoms with Crippen molar-refractivity contribution in [2.75, 3.05) is 0 Å². The Morgan fingerprint density at radius 1 is 0.821 bits per heavy atom. The molecule has 0 spiro atoms. The van der Waals surface area contributed by atoms with Crippen LogP contribution in [0.15, 0.2) is 75.3 Å². The number of nitrogens with zero attached hydrogens (tertiary/aromatic N) is 3. The van der Waals surface area contributed by atoms with Gasteiger partial charge in [-0.1, -0.05) is 41.5 Å². The maximum absolute atomic E-state index is 4.76. The second kappa shape index (κ2) is 11.3. The van der Waals surface area contributed by atoms with Gasteiger partial charge in [-0.15, -0.1) is 0 Å². The Morgan fingerprint density at radius 2 is 1.25 bits per heavy atom. The van der Waals surface area contributed by atoms with Gasteiger partial charge in [-0.2, -0.15) is 0 Å². The summed E-state index contributed by atoms with van der Waals surface area (Å²) in [7, 11) is 9.53. The number of benzene rings is 2. The zero-order valence-electron chi connectivity index (χ0n) is 16.4. The monoisotopic (exact) mass is 455 g/mol. The van der Waals surface area contributed by atoms with E-state index in [9.17, 15) is 0 Å². The van der Waals surface area contributed by atoms with E-state index in [0.717, 1.165) is 40.6 Å². The molecule has 0 amide bonds. The zero-order valence-corrected chi connectivity index (χ0v) is 19.0. The summed E-state index contributed by atoms with van der Waals surface area (Å²) >= 11 is 0.194. The van der Waals surface area contributed by atoms with Crippen molar-refractivity contribution in [3.05, 3.63) is 71.4 Å². The summed E-state index contributed by atoms with van der Waals surface area (Å²) in [6.07, 6.45) is 2.92. The molecule has 3 nitrogen and oxygen atoms in total. The summed E-state index contributed by atoms with van der Waals surface area (Å²) in [4.78, 5) is 14.1. The molecule has 1 aliphatic rings. The molecule has 0 saturated heterocycles. The van der Waals surface area contributed by atoms with Crippen LogP contribution >= 0.6 is 20.2 Å². The molecule has 28 heavy (non-hydrogen) atoms. The van der Waals surface area contributed by atoms with E-state index in [1.807, 2.05) is 38.1 Å². The van der Waals surface area contributed by atoms with Crippen molar-refractivity contribution in [3.63, 3.8) is 0 Å². The van der Waals surface area contributed by atoms with E-state index in [1.54, 1.807) is 0 Å². The van der Waals surface area contributed by atoms with Gasteiger partial charge in [-0.3, -0.25) is 9.98 Å². The van der Waals surface area contributed by atoms with Crippen molar-refractivity contribution in [1.82, 2.24) is 0 Å². The van der Waals surface area contributed by atoms with E-state index in [-0.39, 0.29) is 13.1 Å². The minimum absolute atomic E-state index is 0.194. The van der Waals surface area contributed by atoms with Gasteiger partial charge in [0.2, 0.25) is 0 Å². The normalized spacial score (nSPS) is 14.4. The van der Waals surface area contributed by atoms with Gasteiger partial charge in [0.1, 0.15) is 0 Å². The SMILES string of the molecule is CC(=Nc1ccc(C)cc1)C1=CCC(C(C)=Nc2ccc(C)cc2)=N1.[Cl][Fe][Cl]. The molecule has 0 aliphatic carbocycles. The molecule has 0 radical (unpaired) electrons. The van der Waals surface area contributed by atoms with Gasteiger partial charge in [0.25, 0.3) is 0 Å². The molecule has 1 aliphatic heterocycles. The quantitative estimate of drug-likeness (QED) is 0.342. The Morgan fingerprint density at radius 3 is 1.71 bits per heavy atom. The van der Waals surface area contributed by atoms with Crippen LogP contribution in [0.25, 0.3) is 0 Å². The first-order valence-corrected chi connectivity index (χ1v) is 11.8. The van der Waals surface area contributed by atoms with E-state index < -0.39 is 0 Å². The summed E-state index contributed by atoms with van der Waals surface area (Å²) in [5.74, 6) is 0. The molecule has 0 saturated carbocycles. The van der Waals surface area contributed by atoms with Crippen LogP contribution in [0, 0.1) is 13.8 Å². The summed E-state index contributed by atoms with van der Waals surface area (Å²) in [5.41, 5.74) is 8.23. The molecule has 0 aromatic heterocycles. The van der Waals surface area contributed by atoms with Crippen molar-refractivity contribution in [2.45, 2.75) is 34.1 Å². The Kier molecular flexibility index (Phi) is 9.14. The summed E-state index contributed by atoms with van der Waals surface area (Å²) in [5, 5.41) is 0. The van der Waals surface area contributed by atoms with E-state index in [4.69, 9.17) is 25.2 Å². The van der Waals surface area contributed by atoms with Crippen molar-refractivity contribution >= 4 is 48.7 Å². The maximum atomic E-state index is 4.76. The number of aliphatic imine (C=N–C) groups is 3. The second-order valence-corrected chi connectivity index (χ2v) is 8.29. The number of hydrogen-bond donors (Lipinski definition) is 0. The number of rotatable bonds is 4. The van der Waals surface area contributed by atoms with Gasteiger partial charge in [-0.25, -0.2) is 4.99 Å². The standard InChI is InChI=1S/C22H23N3.2ClH.Fe/c1-15-5-9-19(10-6-15)23-17(3)21-13-14-22(25-21)18(4)24-20-11-7-16(2)8-12-20;;;/h5-13H,14H2,1-4H3;2*1H;/q;;;+2/p-2. The van der Waals surface area contributed by atoms with Crippen molar-refractivity contribution in [3.8, 4) is 0 Å². The average molecular weight is 456 g/mol. The van der Waals surface area contributed by atoms with E-state index >= 15 is 0 Å². The third-order valence-corrected chi connectivity index (χ3v) is 4.19. The van der Waals surface area contributed by atoms with Crippen LogP contribution in [0.5, 0.6) is 0 Å². The molecular formula is C22H23Cl2FeN3. The molecule has 0 fully saturated rings.